The Kier molecular flexibility index (Phi) is 6.29. The molecule has 32 heavy (non-hydrogen) atoms. The van der Waals surface area contributed by atoms with Gasteiger partial charge in [0.25, 0.3) is 5.91 Å². The minimum absolute atomic E-state index is 0.104. The standard InChI is InChI=1S/C21H16BrF3N4O2S/c22-15-8-6-12(7-9-15)18-27-28-20(32-18)26-17(30)16-5-2-10-29(16)19(31)13-3-1-4-14(11-13)21(23,24)25/h1,3-4,6-9,11,16H,2,5,10H2,(H,26,28,30). The number of hydrogen-bond donors (Lipinski definition) is 1. The van der Waals surface area contributed by atoms with Crippen LogP contribution in [0.15, 0.2) is 53.0 Å². The number of hydrogen-bond acceptors (Lipinski definition) is 5. The lowest BCUT2D eigenvalue weighted by Crippen LogP contribution is -2.43. The first kappa shape index (κ1) is 22.4. The van der Waals surface area contributed by atoms with Crippen molar-refractivity contribution in [2.24, 2.45) is 0 Å². The fourth-order valence-corrected chi connectivity index (χ4v) is 4.46. The molecule has 11 heteroatoms. The van der Waals surface area contributed by atoms with Crippen molar-refractivity contribution in [1.29, 1.82) is 0 Å². The molecule has 4 rings (SSSR count). The van der Waals surface area contributed by atoms with Gasteiger partial charge >= 0.3 is 6.18 Å². The Bertz CT molecular complexity index is 1150. The zero-order valence-corrected chi connectivity index (χ0v) is 18.8. The van der Waals surface area contributed by atoms with E-state index in [1.165, 1.54) is 28.4 Å². The Morgan fingerprint density at radius 2 is 1.88 bits per heavy atom. The van der Waals surface area contributed by atoms with Crippen molar-refractivity contribution in [3.05, 3.63) is 64.1 Å². The van der Waals surface area contributed by atoms with Crippen molar-refractivity contribution in [2.45, 2.75) is 25.1 Å². The Hall–Kier alpha value is -2.79. The van der Waals surface area contributed by atoms with E-state index < -0.39 is 29.6 Å². The summed E-state index contributed by atoms with van der Waals surface area (Å²) in [5.74, 6) is -1.05. The van der Waals surface area contributed by atoms with Crippen LogP contribution >= 0.6 is 27.3 Å². The number of benzene rings is 2. The van der Waals surface area contributed by atoms with E-state index in [9.17, 15) is 22.8 Å². The minimum Gasteiger partial charge on any atom is -0.327 e. The molecular formula is C21H16BrF3N4O2S. The van der Waals surface area contributed by atoms with Crippen molar-refractivity contribution >= 4 is 44.2 Å². The molecule has 1 aliphatic rings. The number of nitrogens with one attached hydrogen (secondary N) is 1. The molecule has 0 saturated carbocycles. The predicted molar refractivity (Wildman–Crippen MR) is 117 cm³/mol. The molecule has 0 bridgehead atoms. The van der Waals surface area contributed by atoms with Crippen molar-refractivity contribution < 1.29 is 22.8 Å². The zero-order chi connectivity index (χ0) is 22.9. The quantitative estimate of drug-likeness (QED) is 0.507. The summed E-state index contributed by atoms with van der Waals surface area (Å²) in [4.78, 5) is 27.0. The third-order valence-electron chi connectivity index (χ3n) is 5.00. The van der Waals surface area contributed by atoms with E-state index in [0.29, 0.717) is 17.8 Å². The summed E-state index contributed by atoms with van der Waals surface area (Å²) in [5.41, 5.74) is -0.167. The summed E-state index contributed by atoms with van der Waals surface area (Å²) in [6.45, 7) is 0.285. The third kappa shape index (κ3) is 4.83. The van der Waals surface area contributed by atoms with Gasteiger partial charge in [-0.15, -0.1) is 10.2 Å². The largest absolute Gasteiger partial charge is 0.416 e. The van der Waals surface area contributed by atoms with Crippen molar-refractivity contribution in [1.82, 2.24) is 15.1 Å². The smallest absolute Gasteiger partial charge is 0.327 e. The summed E-state index contributed by atoms with van der Waals surface area (Å²) < 4.78 is 39.9. The van der Waals surface area contributed by atoms with Crippen LogP contribution in [0.3, 0.4) is 0 Å². The Labute approximate surface area is 193 Å². The lowest BCUT2D eigenvalue weighted by Gasteiger charge is -2.24. The van der Waals surface area contributed by atoms with Crippen LogP contribution in [-0.2, 0) is 11.0 Å². The van der Waals surface area contributed by atoms with Crippen LogP contribution in [0.25, 0.3) is 10.6 Å². The number of carbonyl (C=O) groups excluding carboxylic acids is 2. The van der Waals surface area contributed by atoms with Crippen LogP contribution in [0.5, 0.6) is 0 Å². The molecule has 0 spiro atoms. The number of amides is 2. The highest BCUT2D eigenvalue weighted by Crippen LogP contribution is 2.31. The highest BCUT2D eigenvalue weighted by atomic mass is 79.9. The summed E-state index contributed by atoms with van der Waals surface area (Å²) in [7, 11) is 0. The molecule has 1 fully saturated rings. The van der Waals surface area contributed by atoms with Gasteiger partial charge in [0, 0.05) is 22.1 Å². The van der Waals surface area contributed by atoms with E-state index in [0.717, 1.165) is 22.2 Å². The molecule has 1 unspecified atom stereocenters. The van der Waals surface area contributed by atoms with Crippen LogP contribution in [0.1, 0.15) is 28.8 Å². The molecule has 0 radical (unpaired) electrons. The second-order valence-corrected chi connectivity index (χ2v) is 9.04. The number of aromatic nitrogens is 2. The number of alkyl halides is 3. The van der Waals surface area contributed by atoms with Crippen LogP contribution in [0.4, 0.5) is 18.3 Å². The van der Waals surface area contributed by atoms with Crippen LogP contribution in [-0.4, -0.2) is 39.5 Å². The SMILES string of the molecule is O=C(Nc1nnc(-c2ccc(Br)cc2)s1)C1CCCN1C(=O)c1cccc(C(F)(F)F)c1. The van der Waals surface area contributed by atoms with E-state index in [-0.39, 0.29) is 17.2 Å². The average molecular weight is 525 g/mol. The summed E-state index contributed by atoms with van der Waals surface area (Å²) in [6, 6.07) is 10.9. The second-order valence-electron chi connectivity index (χ2n) is 7.14. The van der Waals surface area contributed by atoms with E-state index >= 15 is 0 Å². The number of rotatable bonds is 4. The van der Waals surface area contributed by atoms with Crippen molar-refractivity contribution in [2.75, 3.05) is 11.9 Å². The number of anilines is 1. The predicted octanol–water partition coefficient (Wildman–Crippen LogP) is 5.23. The zero-order valence-electron chi connectivity index (χ0n) is 16.4. The highest BCUT2D eigenvalue weighted by molar-refractivity contribution is 9.10. The Morgan fingerprint density at radius 1 is 1.12 bits per heavy atom. The number of carbonyl (C=O) groups is 2. The molecule has 2 aromatic carbocycles. The fourth-order valence-electron chi connectivity index (χ4n) is 3.45. The number of nitrogens with zero attached hydrogens (tertiary/aromatic N) is 3. The maximum atomic E-state index is 13.0. The molecule has 3 aromatic rings. The van der Waals surface area contributed by atoms with E-state index in [2.05, 4.69) is 31.4 Å². The molecule has 2 heterocycles. The second kappa shape index (κ2) is 8.99. The van der Waals surface area contributed by atoms with Crippen molar-refractivity contribution in [3.63, 3.8) is 0 Å². The molecule has 1 atom stereocenters. The topological polar surface area (TPSA) is 75.2 Å². The fraction of sp³-hybridized carbons (Fsp3) is 0.238. The monoisotopic (exact) mass is 524 g/mol. The summed E-state index contributed by atoms with van der Waals surface area (Å²) in [6.07, 6.45) is -3.57. The van der Waals surface area contributed by atoms with Gasteiger partial charge in [-0.25, -0.2) is 0 Å². The van der Waals surface area contributed by atoms with Crippen LogP contribution < -0.4 is 5.32 Å². The van der Waals surface area contributed by atoms with E-state index in [1.54, 1.807) is 0 Å². The molecule has 1 saturated heterocycles. The first-order valence-corrected chi connectivity index (χ1v) is 11.2. The molecule has 1 aromatic heterocycles. The molecule has 1 aliphatic heterocycles. The highest BCUT2D eigenvalue weighted by Gasteiger charge is 2.36. The van der Waals surface area contributed by atoms with Gasteiger partial charge in [-0.05, 0) is 43.2 Å². The third-order valence-corrected chi connectivity index (χ3v) is 6.42. The van der Waals surface area contributed by atoms with E-state index in [4.69, 9.17) is 0 Å². The van der Waals surface area contributed by atoms with Gasteiger partial charge in [0.15, 0.2) is 0 Å². The van der Waals surface area contributed by atoms with Crippen LogP contribution in [0.2, 0.25) is 0 Å². The summed E-state index contributed by atoms with van der Waals surface area (Å²) >= 11 is 4.56. The van der Waals surface area contributed by atoms with Crippen molar-refractivity contribution in [3.8, 4) is 10.6 Å². The lowest BCUT2D eigenvalue weighted by molar-refractivity contribution is -0.137. The van der Waals surface area contributed by atoms with Gasteiger partial charge in [0.05, 0.1) is 5.56 Å². The van der Waals surface area contributed by atoms with Gasteiger partial charge in [0.1, 0.15) is 11.0 Å². The molecule has 166 valence electrons. The molecule has 0 aliphatic carbocycles. The van der Waals surface area contributed by atoms with Gasteiger partial charge in [-0.1, -0.05) is 45.5 Å². The molecule has 6 nitrogen and oxygen atoms in total. The summed E-state index contributed by atoms with van der Waals surface area (Å²) in [5, 5.41) is 11.7. The average Bonchev–Trinajstić information content (AvgIpc) is 3.43. The molecular weight excluding hydrogens is 509 g/mol. The first-order chi connectivity index (χ1) is 15.2. The van der Waals surface area contributed by atoms with Gasteiger partial charge < -0.3 is 4.90 Å². The number of likely N-dealkylation sites (tertiary alicyclic amines) is 1. The normalized spacial score (nSPS) is 16.2. The Morgan fingerprint density at radius 3 is 2.59 bits per heavy atom. The first-order valence-electron chi connectivity index (χ1n) is 9.61. The molecule has 2 amide bonds. The number of halogens is 4. The van der Waals surface area contributed by atoms with E-state index in [1.807, 2.05) is 24.3 Å². The lowest BCUT2D eigenvalue weighted by atomic mass is 10.1. The van der Waals surface area contributed by atoms with Crippen LogP contribution in [0, 0.1) is 0 Å². The maximum Gasteiger partial charge on any atom is 0.416 e. The Balaban J connectivity index is 1.47. The van der Waals surface area contributed by atoms with Gasteiger partial charge in [-0.3, -0.25) is 14.9 Å². The van der Waals surface area contributed by atoms with Gasteiger partial charge in [0.2, 0.25) is 11.0 Å². The van der Waals surface area contributed by atoms with Gasteiger partial charge in [-0.2, -0.15) is 13.2 Å². The minimum atomic E-state index is -4.55. The molecule has 1 N–H and O–H groups in total. The maximum absolute atomic E-state index is 13.0.